The molecule has 1 aliphatic rings. The van der Waals surface area contributed by atoms with E-state index in [0.717, 1.165) is 0 Å². The molecule has 0 aromatic carbocycles. The molecule has 88 valence electrons. The van der Waals surface area contributed by atoms with Gasteiger partial charge in [-0.1, -0.05) is 0 Å². The first-order valence-corrected chi connectivity index (χ1v) is 3.76. The Bertz CT molecular complexity index is 237. The summed E-state index contributed by atoms with van der Waals surface area (Å²) < 4.78 is 61.9. The predicted octanol–water partition coefficient (Wildman–Crippen LogP) is 0.930. The zero-order chi connectivity index (χ0) is 11.6. The number of hydrogen-bond acceptors (Lipinski definition) is 4. The first-order valence-electron chi connectivity index (χ1n) is 3.76. The van der Waals surface area contributed by atoms with E-state index >= 15 is 0 Å². The highest BCUT2D eigenvalue weighted by Crippen LogP contribution is 2.21. The fourth-order valence-corrected chi connectivity index (χ4v) is 0.876. The minimum absolute atomic E-state index is 0.299. The van der Waals surface area contributed by atoms with Gasteiger partial charge >= 0.3 is 18.8 Å². The fraction of sp³-hybridized carbons (Fsp3) is 0.833. The third-order valence-corrected chi connectivity index (χ3v) is 1.55. The SMILES string of the molecule is O=C(ON1CC(OC(F)F)C1)C(F)(F)F. The molecule has 0 spiro atoms. The van der Waals surface area contributed by atoms with Crippen molar-refractivity contribution in [1.82, 2.24) is 5.06 Å². The van der Waals surface area contributed by atoms with Crippen molar-refractivity contribution in [2.45, 2.75) is 18.9 Å². The van der Waals surface area contributed by atoms with Crippen molar-refractivity contribution in [1.29, 1.82) is 0 Å². The highest BCUT2D eigenvalue weighted by Gasteiger charge is 2.44. The summed E-state index contributed by atoms with van der Waals surface area (Å²) in [4.78, 5) is 14.0. The van der Waals surface area contributed by atoms with E-state index in [4.69, 9.17) is 0 Å². The van der Waals surface area contributed by atoms with Gasteiger partial charge in [0.05, 0.1) is 19.2 Å². The normalized spacial score (nSPS) is 19.1. The van der Waals surface area contributed by atoms with Crippen LogP contribution in [0.3, 0.4) is 0 Å². The second-order valence-electron chi connectivity index (χ2n) is 2.74. The van der Waals surface area contributed by atoms with Crippen molar-refractivity contribution in [2.75, 3.05) is 13.1 Å². The average Bonchev–Trinajstić information content (AvgIpc) is 1.97. The Morgan fingerprint density at radius 1 is 1.33 bits per heavy atom. The number of nitrogens with zero attached hydrogens (tertiary/aromatic N) is 1. The quantitative estimate of drug-likeness (QED) is 0.682. The first-order chi connectivity index (χ1) is 6.79. The van der Waals surface area contributed by atoms with Crippen LogP contribution in [0.2, 0.25) is 0 Å². The largest absolute Gasteiger partial charge is 0.492 e. The third kappa shape index (κ3) is 3.59. The molecule has 0 unspecified atom stereocenters. The van der Waals surface area contributed by atoms with E-state index < -0.39 is 24.9 Å². The standard InChI is InChI=1S/C6H6F5NO3/c7-5(8)14-3-1-12(2-3)15-4(13)6(9,10)11/h3,5H,1-2H2. The molecule has 0 atom stereocenters. The molecule has 0 amide bonds. The summed E-state index contributed by atoms with van der Waals surface area (Å²) in [6.07, 6.45) is -6.00. The molecule has 0 aliphatic carbocycles. The number of hydroxylamine groups is 2. The molecule has 1 aliphatic heterocycles. The van der Waals surface area contributed by atoms with Crippen molar-refractivity contribution < 1.29 is 36.3 Å². The van der Waals surface area contributed by atoms with Gasteiger partial charge in [0.25, 0.3) is 0 Å². The molecule has 0 N–H and O–H groups in total. The first kappa shape index (κ1) is 12.1. The van der Waals surface area contributed by atoms with E-state index in [-0.39, 0.29) is 13.1 Å². The van der Waals surface area contributed by atoms with Gasteiger partial charge in [-0.25, -0.2) is 4.79 Å². The van der Waals surface area contributed by atoms with Crippen LogP contribution < -0.4 is 0 Å². The van der Waals surface area contributed by atoms with Crippen LogP contribution in [0.5, 0.6) is 0 Å². The molecule has 9 heteroatoms. The Labute approximate surface area is 80.5 Å². The molecule has 1 heterocycles. The number of carbonyl (C=O) groups is 1. The van der Waals surface area contributed by atoms with E-state index in [0.29, 0.717) is 5.06 Å². The number of hydrogen-bond donors (Lipinski definition) is 0. The molecule has 1 saturated heterocycles. The molecule has 0 aromatic rings. The summed E-state index contributed by atoms with van der Waals surface area (Å²) in [5.74, 6) is -2.38. The van der Waals surface area contributed by atoms with Crippen LogP contribution in [-0.2, 0) is 14.4 Å². The van der Waals surface area contributed by atoms with Gasteiger partial charge in [-0.15, -0.1) is 5.06 Å². The Hall–Kier alpha value is -0.960. The highest BCUT2D eigenvalue weighted by molar-refractivity contribution is 5.75. The predicted molar refractivity (Wildman–Crippen MR) is 34.6 cm³/mol. The number of alkyl halides is 5. The maximum absolute atomic E-state index is 11.6. The van der Waals surface area contributed by atoms with Crippen LogP contribution >= 0.6 is 0 Å². The van der Waals surface area contributed by atoms with Gasteiger partial charge in [-0.2, -0.15) is 22.0 Å². The minimum atomic E-state index is -5.09. The van der Waals surface area contributed by atoms with Crippen molar-refractivity contribution in [3.8, 4) is 0 Å². The van der Waals surface area contributed by atoms with Gasteiger partial charge in [-0.05, 0) is 0 Å². The average molecular weight is 235 g/mol. The van der Waals surface area contributed by atoms with E-state index in [1.165, 1.54) is 0 Å². The Balaban J connectivity index is 2.21. The zero-order valence-corrected chi connectivity index (χ0v) is 7.13. The molecule has 15 heavy (non-hydrogen) atoms. The molecule has 4 nitrogen and oxygen atoms in total. The van der Waals surface area contributed by atoms with Crippen molar-refractivity contribution in [2.24, 2.45) is 0 Å². The van der Waals surface area contributed by atoms with Crippen molar-refractivity contribution in [3.63, 3.8) is 0 Å². The molecular weight excluding hydrogens is 229 g/mol. The summed E-state index contributed by atoms with van der Waals surface area (Å²) in [7, 11) is 0. The van der Waals surface area contributed by atoms with Crippen LogP contribution in [0.15, 0.2) is 0 Å². The van der Waals surface area contributed by atoms with Crippen LogP contribution in [0.25, 0.3) is 0 Å². The lowest BCUT2D eigenvalue weighted by Crippen LogP contribution is -2.54. The number of rotatable bonds is 3. The second-order valence-corrected chi connectivity index (χ2v) is 2.74. The van der Waals surface area contributed by atoms with Gasteiger partial charge in [0.1, 0.15) is 0 Å². The molecular formula is C6H6F5NO3. The van der Waals surface area contributed by atoms with Crippen LogP contribution in [-0.4, -0.2) is 43.0 Å². The van der Waals surface area contributed by atoms with Crippen LogP contribution in [0.4, 0.5) is 22.0 Å². The highest BCUT2D eigenvalue weighted by atomic mass is 19.4. The van der Waals surface area contributed by atoms with E-state index in [9.17, 15) is 26.7 Å². The number of carbonyl (C=O) groups excluding carboxylic acids is 1. The summed E-state index contributed by atoms with van der Waals surface area (Å²) in [6.45, 7) is -3.59. The maximum atomic E-state index is 11.6. The monoisotopic (exact) mass is 235 g/mol. The molecule has 0 radical (unpaired) electrons. The van der Waals surface area contributed by atoms with E-state index in [1.54, 1.807) is 0 Å². The van der Waals surface area contributed by atoms with Gasteiger partial charge in [0.2, 0.25) is 0 Å². The lowest BCUT2D eigenvalue weighted by molar-refractivity contribution is -0.287. The van der Waals surface area contributed by atoms with Crippen molar-refractivity contribution in [3.05, 3.63) is 0 Å². The summed E-state index contributed by atoms with van der Waals surface area (Å²) in [6, 6.07) is 0. The molecule has 1 fully saturated rings. The zero-order valence-electron chi connectivity index (χ0n) is 7.13. The van der Waals surface area contributed by atoms with E-state index in [1.807, 2.05) is 0 Å². The molecule has 0 saturated carbocycles. The van der Waals surface area contributed by atoms with Gasteiger partial charge < -0.3 is 9.57 Å². The lowest BCUT2D eigenvalue weighted by atomic mass is 10.2. The molecule has 0 aromatic heterocycles. The van der Waals surface area contributed by atoms with Crippen LogP contribution in [0, 0.1) is 0 Å². The summed E-state index contributed by atoms with van der Waals surface area (Å²) in [5.41, 5.74) is 0. The summed E-state index contributed by atoms with van der Waals surface area (Å²) >= 11 is 0. The van der Waals surface area contributed by atoms with E-state index in [2.05, 4.69) is 9.57 Å². The Kier molecular flexibility index (Phi) is 3.45. The smallest absolute Gasteiger partial charge is 0.361 e. The number of ether oxygens (including phenoxy) is 1. The van der Waals surface area contributed by atoms with Gasteiger partial charge in [-0.3, -0.25) is 0 Å². The number of halogens is 5. The fourth-order valence-electron chi connectivity index (χ4n) is 0.876. The summed E-state index contributed by atoms with van der Waals surface area (Å²) in [5, 5.41) is 0.600. The Morgan fingerprint density at radius 3 is 2.27 bits per heavy atom. The third-order valence-electron chi connectivity index (χ3n) is 1.55. The topological polar surface area (TPSA) is 38.8 Å². The molecule has 1 rings (SSSR count). The molecule has 0 bridgehead atoms. The second kappa shape index (κ2) is 4.27. The lowest BCUT2D eigenvalue weighted by Gasteiger charge is -2.36. The van der Waals surface area contributed by atoms with Gasteiger partial charge in [0.15, 0.2) is 0 Å². The minimum Gasteiger partial charge on any atom is -0.361 e. The maximum Gasteiger partial charge on any atom is 0.492 e. The van der Waals surface area contributed by atoms with Crippen LogP contribution in [0.1, 0.15) is 0 Å². The van der Waals surface area contributed by atoms with Crippen molar-refractivity contribution >= 4 is 5.97 Å². The Morgan fingerprint density at radius 2 is 1.87 bits per heavy atom. The van der Waals surface area contributed by atoms with Gasteiger partial charge in [0, 0.05) is 0 Å².